The van der Waals surface area contributed by atoms with Crippen LogP contribution in [0, 0.1) is 6.92 Å². The highest BCUT2D eigenvalue weighted by molar-refractivity contribution is 6.07. The molecule has 24 heavy (non-hydrogen) atoms. The fourth-order valence-corrected chi connectivity index (χ4v) is 3.83. The fraction of sp³-hybridized carbons (Fsp3) is 0.556. The van der Waals surface area contributed by atoms with E-state index in [1.54, 1.807) is 26.6 Å². The van der Waals surface area contributed by atoms with E-state index in [0.717, 1.165) is 36.8 Å². The van der Waals surface area contributed by atoms with Crippen LogP contribution < -0.4 is 10.9 Å². The molecule has 0 radical (unpaired) electrons. The smallest absolute Gasteiger partial charge is 0.260 e. The second kappa shape index (κ2) is 6.43. The Hall–Kier alpha value is -2.08. The fourth-order valence-electron chi connectivity index (χ4n) is 3.83. The summed E-state index contributed by atoms with van der Waals surface area (Å²) < 4.78 is 8.82. The number of carbonyl (C=O) groups excluding carboxylic acids is 1. The van der Waals surface area contributed by atoms with Crippen molar-refractivity contribution in [3.05, 3.63) is 33.9 Å². The topological polar surface area (TPSA) is 65.3 Å². The maximum atomic E-state index is 12.8. The summed E-state index contributed by atoms with van der Waals surface area (Å²) >= 11 is 0. The normalized spacial score (nSPS) is 21.2. The van der Waals surface area contributed by atoms with Crippen molar-refractivity contribution in [2.45, 2.75) is 44.8 Å². The largest absolute Gasteiger partial charge is 0.381 e. The number of rotatable bonds is 3. The van der Waals surface area contributed by atoms with Crippen LogP contribution in [-0.4, -0.2) is 34.3 Å². The number of amides is 1. The Morgan fingerprint density at radius 2 is 2.00 bits per heavy atom. The van der Waals surface area contributed by atoms with Gasteiger partial charge in [0.2, 0.25) is 0 Å². The lowest BCUT2D eigenvalue weighted by atomic mass is 9.92. The first-order valence-corrected chi connectivity index (χ1v) is 8.41. The molecule has 1 aliphatic rings. The van der Waals surface area contributed by atoms with Crippen LogP contribution in [0.3, 0.4) is 0 Å². The number of aryl methyl sites for hydroxylation is 3. The first-order valence-electron chi connectivity index (χ1n) is 8.41. The molecule has 0 aromatic carbocycles. The summed E-state index contributed by atoms with van der Waals surface area (Å²) in [5.74, 6) is -0.176. The van der Waals surface area contributed by atoms with E-state index >= 15 is 0 Å². The van der Waals surface area contributed by atoms with Crippen LogP contribution in [0.5, 0.6) is 0 Å². The number of hydrogen-bond donors (Lipinski definition) is 1. The van der Waals surface area contributed by atoms with Gasteiger partial charge in [0.25, 0.3) is 11.5 Å². The van der Waals surface area contributed by atoms with Crippen LogP contribution in [-0.2, 0) is 18.8 Å². The number of pyridine rings is 1. The van der Waals surface area contributed by atoms with Gasteiger partial charge in [0.1, 0.15) is 0 Å². The number of nitrogens with zero attached hydrogens (tertiary/aromatic N) is 2. The Morgan fingerprint density at radius 1 is 1.25 bits per heavy atom. The summed E-state index contributed by atoms with van der Waals surface area (Å²) in [4.78, 5) is 25.4. The van der Waals surface area contributed by atoms with E-state index in [2.05, 4.69) is 5.32 Å². The lowest BCUT2D eigenvalue weighted by Gasteiger charge is -2.28. The van der Waals surface area contributed by atoms with E-state index in [4.69, 9.17) is 4.74 Å². The van der Waals surface area contributed by atoms with Gasteiger partial charge >= 0.3 is 0 Å². The Labute approximate surface area is 141 Å². The summed E-state index contributed by atoms with van der Waals surface area (Å²) in [6.07, 6.45) is 7.61. The van der Waals surface area contributed by atoms with Crippen molar-refractivity contribution >= 4 is 16.8 Å². The van der Waals surface area contributed by atoms with Crippen LogP contribution in [0.2, 0.25) is 0 Å². The second-order valence-electron chi connectivity index (χ2n) is 6.80. The van der Waals surface area contributed by atoms with Gasteiger partial charge in [-0.3, -0.25) is 9.59 Å². The number of methoxy groups -OCH3 is 1. The zero-order valence-corrected chi connectivity index (χ0v) is 14.8. The second-order valence-corrected chi connectivity index (χ2v) is 6.80. The van der Waals surface area contributed by atoms with Crippen molar-refractivity contribution in [1.82, 2.24) is 14.5 Å². The molecule has 0 aliphatic heterocycles. The molecular weight excluding hydrogens is 306 g/mol. The zero-order valence-electron chi connectivity index (χ0n) is 14.8. The molecule has 0 spiro atoms. The van der Waals surface area contributed by atoms with Gasteiger partial charge in [-0.1, -0.05) is 0 Å². The lowest BCUT2D eigenvalue weighted by molar-refractivity contribution is 0.0563. The van der Waals surface area contributed by atoms with Crippen molar-refractivity contribution in [2.24, 2.45) is 14.1 Å². The van der Waals surface area contributed by atoms with E-state index in [1.807, 2.05) is 18.5 Å². The van der Waals surface area contributed by atoms with Crippen molar-refractivity contribution < 1.29 is 9.53 Å². The number of fused-ring (bicyclic) bond motifs is 1. The van der Waals surface area contributed by atoms with Gasteiger partial charge in [-0.05, 0) is 38.2 Å². The minimum absolute atomic E-state index is 0.0973. The molecular formula is C18H25N3O3. The highest BCUT2D eigenvalue weighted by Crippen LogP contribution is 2.23. The van der Waals surface area contributed by atoms with Gasteiger partial charge in [0, 0.05) is 39.6 Å². The van der Waals surface area contributed by atoms with Crippen molar-refractivity contribution in [3.8, 4) is 0 Å². The molecule has 2 heterocycles. The van der Waals surface area contributed by atoms with Gasteiger partial charge in [-0.2, -0.15) is 0 Å². The Bertz CT molecular complexity index is 834. The van der Waals surface area contributed by atoms with E-state index in [1.165, 1.54) is 4.57 Å². The van der Waals surface area contributed by atoms with Crippen LogP contribution in [0.4, 0.5) is 0 Å². The third-order valence-electron chi connectivity index (χ3n) is 5.02. The van der Waals surface area contributed by atoms with Gasteiger partial charge in [0.05, 0.1) is 22.6 Å². The van der Waals surface area contributed by atoms with Crippen LogP contribution >= 0.6 is 0 Å². The number of aromatic nitrogens is 2. The van der Waals surface area contributed by atoms with E-state index < -0.39 is 0 Å². The molecule has 1 N–H and O–H groups in total. The highest BCUT2D eigenvalue weighted by atomic mass is 16.5. The van der Waals surface area contributed by atoms with E-state index in [-0.39, 0.29) is 23.6 Å². The van der Waals surface area contributed by atoms with Crippen LogP contribution in [0.25, 0.3) is 10.9 Å². The standard InChI is InChI=1S/C18H25N3O3/c1-11-9-21(3)18(23)15-14(10-20(2)16(11)15)17(22)19-12-6-5-7-13(8-12)24-4/h9-10,12-13H,5-8H2,1-4H3,(H,19,22). The molecule has 1 amide bonds. The summed E-state index contributed by atoms with van der Waals surface area (Å²) in [5.41, 5.74) is 2.11. The van der Waals surface area contributed by atoms with Gasteiger partial charge in [-0.25, -0.2) is 0 Å². The van der Waals surface area contributed by atoms with Gasteiger partial charge < -0.3 is 19.2 Å². The average molecular weight is 331 g/mol. The molecule has 3 rings (SSSR count). The number of hydrogen-bond acceptors (Lipinski definition) is 3. The lowest BCUT2D eigenvalue weighted by Crippen LogP contribution is -2.40. The first-order chi connectivity index (χ1) is 11.4. The van der Waals surface area contributed by atoms with Crippen LogP contribution in [0.1, 0.15) is 41.6 Å². The molecule has 1 fully saturated rings. The maximum absolute atomic E-state index is 12.8. The van der Waals surface area contributed by atoms with Crippen molar-refractivity contribution in [3.63, 3.8) is 0 Å². The SMILES string of the molecule is COC1CCCC(NC(=O)c2cn(C)c3c(C)cn(C)c(=O)c23)C1. The molecule has 2 unspecified atom stereocenters. The molecule has 1 aliphatic carbocycles. The molecule has 2 aromatic heterocycles. The minimum Gasteiger partial charge on any atom is -0.381 e. The van der Waals surface area contributed by atoms with Crippen LogP contribution in [0.15, 0.2) is 17.2 Å². The molecule has 130 valence electrons. The number of nitrogens with one attached hydrogen (secondary N) is 1. The number of ether oxygens (including phenoxy) is 1. The first kappa shape index (κ1) is 16.8. The highest BCUT2D eigenvalue weighted by Gasteiger charge is 2.25. The number of carbonyl (C=O) groups is 1. The van der Waals surface area contributed by atoms with E-state index in [0.29, 0.717) is 10.9 Å². The van der Waals surface area contributed by atoms with Gasteiger partial charge in [-0.15, -0.1) is 0 Å². The predicted octanol–water partition coefficient (Wildman–Crippen LogP) is 1.87. The third-order valence-corrected chi connectivity index (χ3v) is 5.02. The summed E-state index contributed by atoms with van der Waals surface area (Å²) in [6, 6.07) is 0.0973. The monoisotopic (exact) mass is 331 g/mol. The molecule has 6 nitrogen and oxygen atoms in total. The minimum atomic E-state index is -0.176. The summed E-state index contributed by atoms with van der Waals surface area (Å²) in [6.45, 7) is 1.95. The average Bonchev–Trinajstić information content (AvgIpc) is 2.91. The van der Waals surface area contributed by atoms with Gasteiger partial charge in [0.15, 0.2) is 0 Å². The Kier molecular flexibility index (Phi) is 4.49. The maximum Gasteiger partial charge on any atom is 0.260 e. The quantitative estimate of drug-likeness (QED) is 0.934. The zero-order chi connectivity index (χ0) is 17.4. The third kappa shape index (κ3) is 2.86. The Morgan fingerprint density at radius 3 is 2.71 bits per heavy atom. The van der Waals surface area contributed by atoms with Crippen molar-refractivity contribution in [2.75, 3.05) is 7.11 Å². The molecule has 6 heteroatoms. The molecule has 0 saturated heterocycles. The Balaban J connectivity index is 1.95. The molecule has 0 bridgehead atoms. The summed E-state index contributed by atoms with van der Waals surface area (Å²) in [5, 5.41) is 3.59. The van der Waals surface area contributed by atoms with Crippen molar-refractivity contribution in [1.29, 1.82) is 0 Å². The van der Waals surface area contributed by atoms with E-state index in [9.17, 15) is 9.59 Å². The molecule has 2 atom stereocenters. The molecule has 2 aromatic rings. The summed E-state index contributed by atoms with van der Waals surface area (Å²) in [7, 11) is 5.30. The molecule has 1 saturated carbocycles. The predicted molar refractivity (Wildman–Crippen MR) is 93.4 cm³/mol.